The quantitative estimate of drug-likeness (QED) is 0.491. The Bertz CT molecular complexity index is 1160. The number of benzene rings is 3. The number of aryl methyl sites for hydroxylation is 2. The van der Waals surface area contributed by atoms with E-state index in [-0.39, 0.29) is 11.6 Å². The maximum Gasteiger partial charge on any atom is 0.123 e. The van der Waals surface area contributed by atoms with Crippen molar-refractivity contribution >= 4 is 22.1 Å². The SMILES string of the molecule is Cc1cc(F)ccc1Nc1ccc2c(-c3ccc(F)cc3C)nncc2c1. The monoisotopic (exact) mass is 361 g/mol. The Labute approximate surface area is 155 Å². The van der Waals surface area contributed by atoms with E-state index in [0.29, 0.717) is 0 Å². The minimum atomic E-state index is -0.273. The fraction of sp³-hybridized carbons (Fsp3) is 0.0909. The van der Waals surface area contributed by atoms with E-state index in [2.05, 4.69) is 15.5 Å². The molecule has 1 N–H and O–H groups in total. The number of rotatable bonds is 3. The van der Waals surface area contributed by atoms with Gasteiger partial charge < -0.3 is 5.32 Å². The molecule has 0 saturated heterocycles. The molecule has 0 unspecified atom stereocenters. The van der Waals surface area contributed by atoms with Gasteiger partial charge >= 0.3 is 0 Å². The second kappa shape index (κ2) is 6.76. The topological polar surface area (TPSA) is 37.8 Å². The number of nitrogens with one attached hydrogen (secondary N) is 1. The van der Waals surface area contributed by atoms with E-state index in [9.17, 15) is 8.78 Å². The highest BCUT2D eigenvalue weighted by atomic mass is 19.1. The molecule has 0 bridgehead atoms. The van der Waals surface area contributed by atoms with Crippen molar-refractivity contribution in [2.75, 3.05) is 5.32 Å². The zero-order valence-corrected chi connectivity index (χ0v) is 14.9. The van der Waals surface area contributed by atoms with Gasteiger partial charge in [-0.05, 0) is 79.6 Å². The molecule has 4 rings (SSSR count). The second-order valence-electron chi connectivity index (χ2n) is 6.54. The molecule has 0 atom stereocenters. The predicted octanol–water partition coefficient (Wildman–Crippen LogP) is 5.94. The first-order valence-corrected chi connectivity index (χ1v) is 8.56. The van der Waals surface area contributed by atoms with Crippen LogP contribution < -0.4 is 5.32 Å². The van der Waals surface area contributed by atoms with E-state index < -0.39 is 0 Å². The Hall–Kier alpha value is -3.34. The third-order valence-electron chi connectivity index (χ3n) is 4.57. The van der Waals surface area contributed by atoms with Gasteiger partial charge in [-0.3, -0.25) is 0 Å². The molecule has 0 aliphatic rings. The van der Waals surface area contributed by atoms with Gasteiger partial charge in [0.15, 0.2) is 0 Å². The summed E-state index contributed by atoms with van der Waals surface area (Å²) in [6, 6.07) is 15.1. The Morgan fingerprint density at radius 3 is 2.30 bits per heavy atom. The minimum Gasteiger partial charge on any atom is -0.355 e. The molecular weight excluding hydrogens is 344 g/mol. The van der Waals surface area contributed by atoms with Crippen molar-refractivity contribution in [1.82, 2.24) is 10.2 Å². The summed E-state index contributed by atoms with van der Waals surface area (Å²) in [6.45, 7) is 3.71. The maximum atomic E-state index is 13.4. The summed E-state index contributed by atoms with van der Waals surface area (Å²) in [7, 11) is 0. The van der Waals surface area contributed by atoms with Gasteiger partial charge in [-0.15, -0.1) is 5.10 Å². The predicted molar refractivity (Wildman–Crippen MR) is 104 cm³/mol. The van der Waals surface area contributed by atoms with Gasteiger partial charge in [0.05, 0.1) is 6.20 Å². The first-order valence-electron chi connectivity index (χ1n) is 8.56. The van der Waals surface area contributed by atoms with Crippen LogP contribution >= 0.6 is 0 Å². The molecule has 0 aliphatic heterocycles. The summed E-state index contributed by atoms with van der Waals surface area (Å²) < 4.78 is 26.7. The van der Waals surface area contributed by atoms with Crippen molar-refractivity contribution in [2.45, 2.75) is 13.8 Å². The van der Waals surface area contributed by atoms with E-state index in [1.54, 1.807) is 18.3 Å². The zero-order valence-electron chi connectivity index (χ0n) is 14.9. The summed E-state index contributed by atoms with van der Waals surface area (Å²) in [4.78, 5) is 0. The third kappa shape index (κ3) is 3.36. The van der Waals surface area contributed by atoms with Crippen LogP contribution in [0.25, 0.3) is 22.0 Å². The molecule has 134 valence electrons. The standard InChI is InChI=1S/C22H17F2N3/c1-13-9-16(23)3-6-19(13)22-20-7-5-18(11-15(20)12-25-27-22)26-21-8-4-17(24)10-14(21)2/h3-12,26H,1-2H3. The van der Waals surface area contributed by atoms with Crippen LogP contribution in [0.1, 0.15) is 11.1 Å². The van der Waals surface area contributed by atoms with E-state index in [1.807, 2.05) is 32.0 Å². The lowest BCUT2D eigenvalue weighted by molar-refractivity contribution is 0.626. The van der Waals surface area contributed by atoms with Crippen LogP contribution in [0.5, 0.6) is 0 Å². The van der Waals surface area contributed by atoms with Gasteiger partial charge in [0, 0.05) is 27.7 Å². The molecule has 4 aromatic rings. The van der Waals surface area contributed by atoms with E-state index in [0.717, 1.165) is 44.5 Å². The molecule has 5 heteroatoms. The van der Waals surface area contributed by atoms with Crippen LogP contribution in [0.15, 0.2) is 60.8 Å². The minimum absolute atomic E-state index is 0.258. The average molecular weight is 361 g/mol. The molecule has 0 saturated carbocycles. The second-order valence-corrected chi connectivity index (χ2v) is 6.54. The fourth-order valence-electron chi connectivity index (χ4n) is 3.18. The summed E-state index contributed by atoms with van der Waals surface area (Å²) in [6.07, 6.45) is 1.69. The highest BCUT2D eigenvalue weighted by Gasteiger charge is 2.11. The number of fused-ring (bicyclic) bond motifs is 1. The number of halogens is 2. The van der Waals surface area contributed by atoms with Crippen molar-refractivity contribution in [3.8, 4) is 11.3 Å². The van der Waals surface area contributed by atoms with Crippen LogP contribution in [0.4, 0.5) is 20.2 Å². The summed E-state index contributed by atoms with van der Waals surface area (Å²) >= 11 is 0. The van der Waals surface area contributed by atoms with Gasteiger partial charge in [-0.25, -0.2) is 8.78 Å². The molecule has 27 heavy (non-hydrogen) atoms. The third-order valence-corrected chi connectivity index (χ3v) is 4.57. The molecular formula is C22H17F2N3. The van der Waals surface area contributed by atoms with Gasteiger partial charge in [0.2, 0.25) is 0 Å². The van der Waals surface area contributed by atoms with Gasteiger partial charge in [0.25, 0.3) is 0 Å². The normalized spacial score (nSPS) is 11.0. The van der Waals surface area contributed by atoms with Crippen molar-refractivity contribution in [2.24, 2.45) is 0 Å². The molecule has 1 heterocycles. The lowest BCUT2D eigenvalue weighted by atomic mass is 10.0. The number of aromatic nitrogens is 2. The number of anilines is 2. The Kier molecular flexibility index (Phi) is 4.28. The molecule has 3 nitrogen and oxygen atoms in total. The van der Waals surface area contributed by atoms with Gasteiger partial charge in [-0.1, -0.05) is 0 Å². The summed E-state index contributed by atoms with van der Waals surface area (Å²) in [5, 5.41) is 13.5. The zero-order chi connectivity index (χ0) is 19.0. The van der Waals surface area contributed by atoms with Crippen LogP contribution in [-0.4, -0.2) is 10.2 Å². The van der Waals surface area contributed by atoms with Gasteiger partial charge in [0.1, 0.15) is 17.3 Å². The van der Waals surface area contributed by atoms with Crippen molar-refractivity contribution < 1.29 is 8.78 Å². The summed E-state index contributed by atoms with van der Waals surface area (Å²) in [5.41, 5.74) is 4.91. The Morgan fingerprint density at radius 2 is 1.56 bits per heavy atom. The number of hydrogen-bond donors (Lipinski definition) is 1. The van der Waals surface area contributed by atoms with Crippen molar-refractivity contribution in [3.63, 3.8) is 0 Å². The first kappa shape index (κ1) is 17.1. The molecule has 0 aliphatic carbocycles. The van der Waals surface area contributed by atoms with Gasteiger partial charge in [-0.2, -0.15) is 5.10 Å². The van der Waals surface area contributed by atoms with Crippen LogP contribution in [0, 0.1) is 25.5 Å². The van der Waals surface area contributed by atoms with E-state index in [1.165, 1.54) is 24.3 Å². The van der Waals surface area contributed by atoms with E-state index in [4.69, 9.17) is 0 Å². The van der Waals surface area contributed by atoms with Crippen LogP contribution in [0.3, 0.4) is 0 Å². The smallest absolute Gasteiger partial charge is 0.123 e. The molecule has 0 spiro atoms. The van der Waals surface area contributed by atoms with Crippen molar-refractivity contribution in [1.29, 1.82) is 0 Å². The fourth-order valence-corrected chi connectivity index (χ4v) is 3.18. The maximum absolute atomic E-state index is 13.4. The highest BCUT2D eigenvalue weighted by molar-refractivity contribution is 5.96. The largest absolute Gasteiger partial charge is 0.355 e. The summed E-state index contributed by atoms with van der Waals surface area (Å²) in [5.74, 6) is -0.531. The highest BCUT2D eigenvalue weighted by Crippen LogP contribution is 2.31. The van der Waals surface area contributed by atoms with Crippen LogP contribution in [-0.2, 0) is 0 Å². The molecule has 0 amide bonds. The molecule has 3 aromatic carbocycles. The molecule has 1 aromatic heterocycles. The number of nitrogens with zero attached hydrogens (tertiary/aromatic N) is 2. The Balaban J connectivity index is 1.76. The van der Waals surface area contributed by atoms with Crippen LogP contribution in [0.2, 0.25) is 0 Å². The Morgan fingerprint density at radius 1 is 0.815 bits per heavy atom. The molecule has 0 fully saturated rings. The first-order chi connectivity index (χ1) is 13.0. The average Bonchev–Trinajstić information content (AvgIpc) is 2.64. The lowest BCUT2D eigenvalue weighted by Gasteiger charge is -2.12. The number of hydrogen-bond acceptors (Lipinski definition) is 3. The molecule has 0 radical (unpaired) electrons. The van der Waals surface area contributed by atoms with Crippen molar-refractivity contribution in [3.05, 3.63) is 83.6 Å². The van der Waals surface area contributed by atoms with E-state index >= 15 is 0 Å². The lowest BCUT2D eigenvalue weighted by Crippen LogP contribution is -1.96.